The van der Waals surface area contributed by atoms with Gasteiger partial charge in [0.1, 0.15) is 0 Å². The summed E-state index contributed by atoms with van der Waals surface area (Å²) in [5.74, 6) is -2.07. The molecule has 110 valence electrons. The highest BCUT2D eigenvalue weighted by molar-refractivity contribution is 5.99. The molecule has 4 N–H and O–H groups in total. The van der Waals surface area contributed by atoms with Crippen molar-refractivity contribution in [2.24, 2.45) is 11.7 Å². The molecule has 0 aromatic heterocycles. The zero-order valence-electron chi connectivity index (χ0n) is 10.8. The molecule has 1 amide bonds. The zero-order valence-corrected chi connectivity index (χ0v) is 10.8. The summed E-state index contributed by atoms with van der Waals surface area (Å²) in [5, 5.41) is 0. The lowest BCUT2D eigenvalue weighted by Crippen LogP contribution is -2.42. The van der Waals surface area contributed by atoms with Gasteiger partial charge in [-0.2, -0.15) is 13.2 Å². The van der Waals surface area contributed by atoms with Crippen LogP contribution in [-0.4, -0.2) is 25.2 Å². The van der Waals surface area contributed by atoms with Crippen LogP contribution < -0.4 is 16.4 Å². The van der Waals surface area contributed by atoms with E-state index in [9.17, 15) is 18.0 Å². The monoisotopic (exact) mass is 287 g/mol. The van der Waals surface area contributed by atoms with E-state index >= 15 is 0 Å². The minimum atomic E-state index is -4.22. The van der Waals surface area contributed by atoms with Gasteiger partial charge in [-0.1, -0.05) is 0 Å². The van der Waals surface area contributed by atoms with Crippen molar-refractivity contribution in [2.45, 2.75) is 19.0 Å². The smallest absolute Gasteiger partial charge is 0.393 e. The lowest BCUT2D eigenvalue weighted by molar-refractivity contribution is -0.175. The van der Waals surface area contributed by atoms with Crippen LogP contribution in [0.15, 0.2) is 18.2 Å². The van der Waals surface area contributed by atoms with Crippen LogP contribution in [0, 0.1) is 5.92 Å². The van der Waals surface area contributed by atoms with E-state index < -0.39 is 18.0 Å². The summed E-state index contributed by atoms with van der Waals surface area (Å²) in [4.78, 5) is 13.0. The van der Waals surface area contributed by atoms with Gasteiger partial charge < -0.3 is 16.4 Å². The largest absolute Gasteiger partial charge is 0.399 e. The van der Waals surface area contributed by atoms with Crippen molar-refractivity contribution >= 4 is 17.3 Å². The summed E-state index contributed by atoms with van der Waals surface area (Å²) in [6.07, 6.45) is -3.69. The molecular weight excluding hydrogens is 271 g/mol. The molecule has 1 atom stereocenters. The molecule has 1 aromatic rings. The highest BCUT2D eigenvalue weighted by Crippen LogP contribution is 2.35. The number of piperidine rings is 1. The molecule has 2 rings (SSSR count). The number of hydrogen-bond donors (Lipinski definition) is 2. The molecule has 0 spiro atoms. The first-order valence-electron chi connectivity index (χ1n) is 6.30. The van der Waals surface area contributed by atoms with Crippen LogP contribution in [0.1, 0.15) is 23.2 Å². The Morgan fingerprint density at radius 2 is 2.05 bits per heavy atom. The molecule has 1 unspecified atom stereocenters. The molecule has 1 fully saturated rings. The summed E-state index contributed by atoms with van der Waals surface area (Å²) in [7, 11) is 0. The van der Waals surface area contributed by atoms with Gasteiger partial charge in [-0.3, -0.25) is 4.79 Å². The molecule has 1 saturated heterocycles. The van der Waals surface area contributed by atoms with E-state index in [0.29, 0.717) is 24.3 Å². The average molecular weight is 287 g/mol. The topological polar surface area (TPSA) is 72.3 Å². The first-order valence-corrected chi connectivity index (χ1v) is 6.30. The van der Waals surface area contributed by atoms with Crippen molar-refractivity contribution in [1.29, 1.82) is 0 Å². The molecular formula is C13H16F3N3O. The summed E-state index contributed by atoms with van der Waals surface area (Å²) < 4.78 is 38.4. The first-order chi connectivity index (χ1) is 9.29. The van der Waals surface area contributed by atoms with Crippen LogP contribution >= 0.6 is 0 Å². The minimum Gasteiger partial charge on any atom is -0.399 e. The van der Waals surface area contributed by atoms with Gasteiger partial charge in [0.05, 0.1) is 11.5 Å². The number of carbonyl (C=O) groups is 1. The normalized spacial score (nSPS) is 19.9. The Balaban J connectivity index is 2.29. The fourth-order valence-electron chi connectivity index (χ4n) is 2.49. The van der Waals surface area contributed by atoms with Crippen LogP contribution in [0.4, 0.5) is 24.5 Å². The first kappa shape index (κ1) is 14.5. The number of benzene rings is 1. The minimum absolute atomic E-state index is 0.112. The van der Waals surface area contributed by atoms with Crippen LogP contribution in [0.5, 0.6) is 0 Å². The number of anilines is 2. The number of nitrogens with zero attached hydrogens (tertiary/aromatic N) is 1. The Morgan fingerprint density at radius 3 is 2.65 bits per heavy atom. The SMILES string of the molecule is NC(=O)c1cc(N)ccc1N1CCCC(C(F)(F)F)C1. The van der Waals surface area contributed by atoms with E-state index in [-0.39, 0.29) is 18.5 Å². The molecule has 0 radical (unpaired) electrons. The third-order valence-corrected chi connectivity index (χ3v) is 3.51. The van der Waals surface area contributed by atoms with Gasteiger partial charge >= 0.3 is 6.18 Å². The fraction of sp³-hybridized carbons (Fsp3) is 0.462. The Bertz CT molecular complexity index is 516. The number of hydrogen-bond acceptors (Lipinski definition) is 3. The quantitative estimate of drug-likeness (QED) is 0.819. The Hall–Kier alpha value is -1.92. The Morgan fingerprint density at radius 1 is 1.35 bits per heavy atom. The van der Waals surface area contributed by atoms with Crippen LogP contribution in [0.25, 0.3) is 0 Å². The third kappa shape index (κ3) is 2.97. The van der Waals surface area contributed by atoms with Crippen LogP contribution in [0.2, 0.25) is 0 Å². The average Bonchev–Trinajstić information content (AvgIpc) is 2.37. The fourth-order valence-corrected chi connectivity index (χ4v) is 2.49. The van der Waals surface area contributed by atoms with Gasteiger partial charge in [0.2, 0.25) is 0 Å². The predicted molar refractivity (Wildman–Crippen MR) is 70.4 cm³/mol. The summed E-state index contributed by atoms with van der Waals surface area (Å²) in [6.45, 7) is 0.310. The van der Waals surface area contributed by atoms with Crippen LogP contribution in [0.3, 0.4) is 0 Å². The second-order valence-corrected chi connectivity index (χ2v) is 4.97. The van der Waals surface area contributed by atoms with Crippen molar-refractivity contribution in [3.63, 3.8) is 0 Å². The second kappa shape index (κ2) is 5.22. The Kier molecular flexibility index (Phi) is 3.78. The van der Waals surface area contributed by atoms with E-state index in [1.165, 1.54) is 6.07 Å². The lowest BCUT2D eigenvalue weighted by Gasteiger charge is -2.36. The van der Waals surface area contributed by atoms with Crippen molar-refractivity contribution in [3.8, 4) is 0 Å². The lowest BCUT2D eigenvalue weighted by atomic mass is 9.96. The number of rotatable bonds is 2. The number of amides is 1. The van der Waals surface area contributed by atoms with Gasteiger partial charge in [0.15, 0.2) is 0 Å². The highest BCUT2D eigenvalue weighted by atomic mass is 19.4. The van der Waals surface area contributed by atoms with E-state index in [2.05, 4.69) is 0 Å². The molecule has 4 nitrogen and oxygen atoms in total. The van der Waals surface area contributed by atoms with Gasteiger partial charge in [-0.05, 0) is 31.0 Å². The summed E-state index contributed by atoms with van der Waals surface area (Å²) >= 11 is 0. The highest BCUT2D eigenvalue weighted by Gasteiger charge is 2.42. The van der Waals surface area contributed by atoms with Gasteiger partial charge in [0, 0.05) is 24.5 Å². The van der Waals surface area contributed by atoms with Crippen molar-refractivity contribution in [2.75, 3.05) is 23.7 Å². The number of halogens is 3. The van der Waals surface area contributed by atoms with Crippen molar-refractivity contribution in [1.82, 2.24) is 0 Å². The molecule has 0 aliphatic carbocycles. The van der Waals surface area contributed by atoms with E-state index in [1.54, 1.807) is 17.0 Å². The number of nitrogen functional groups attached to an aromatic ring is 1. The van der Waals surface area contributed by atoms with Gasteiger partial charge in [0.25, 0.3) is 5.91 Å². The van der Waals surface area contributed by atoms with Crippen molar-refractivity contribution in [3.05, 3.63) is 23.8 Å². The third-order valence-electron chi connectivity index (χ3n) is 3.51. The molecule has 0 bridgehead atoms. The summed E-state index contributed by atoms with van der Waals surface area (Å²) in [6, 6.07) is 4.50. The molecule has 1 aliphatic heterocycles. The molecule has 7 heteroatoms. The molecule has 1 aliphatic rings. The molecule has 0 saturated carbocycles. The molecule has 20 heavy (non-hydrogen) atoms. The van der Waals surface area contributed by atoms with E-state index in [1.807, 2.05) is 0 Å². The summed E-state index contributed by atoms with van der Waals surface area (Å²) in [5.41, 5.74) is 11.8. The number of primary amides is 1. The maximum atomic E-state index is 12.8. The number of nitrogens with two attached hydrogens (primary N) is 2. The van der Waals surface area contributed by atoms with E-state index in [0.717, 1.165) is 0 Å². The standard InChI is InChI=1S/C13H16F3N3O/c14-13(15,16)8-2-1-5-19(7-8)11-4-3-9(17)6-10(11)12(18)20/h3-4,6,8H,1-2,5,7,17H2,(H2,18,20). The molecule has 1 aromatic carbocycles. The van der Waals surface area contributed by atoms with Crippen LogP contribution in [-0.2, 0) is 0 Å². The van der Waals surface area contributed by atoms with Gasteiger partial charge in [-0.25, -0.2) is 0 Å². The maximum Gasteiger partial charge on any atom is 0.393 e. The molecule has 1 heterocycles. The maximum absolute atomic E-state index is 12.8. The number of carbonyl (C=O) groups excluding carboxylic acids is 1. The Labute approximate surface area is 114 Å². The number of alkyl halides is 3. The van der Waals surface area contributed by atoms with E-state index in [4.69, 9.17) is 11.5 Å². The second-order valence-electron chi connectivity index (χ2n) is 4.97. The van der Waals surface area contributed by atoms with Crippen molar-refractivity contribution < 1.29 is 18.0 Å². The predicted octanol–water partition coefficient (Wildman–Crippen LogP) is 2.15. The zero-order chi connectivity index (χ0) is 14.9. The van der Waals surface area contributed by atoms with Gasteiger partial charge in [-0.15, -0.1) is 0 Å².